The minimum absolute atomic E-state index is 0.640. The van der Waals surface area contributed by atoms with Crippen molar-refractivity contribution in [3.63, 3.8) is 0 Å². The summed E-state index contributed by atoms with van der Waals surface area (Å²) in [5, 5.41) is 0. The number of hydrogen-bond acceptors (Lipinski definition) is 2. The van der Waals surface area contributed by atoms with E-state index in [9.17, 15) is 0 Å². The Morgan fingerprint density at radius 2 is 0.548 bits per heavy atom. The van der Waals surface area contributed by atoms with Gasteiger partial charge in [0.1, 0.15) is 6.17 Å². The largest absolute Gasteiger partial charge is 0.356 e. The van der Waals surface area contributed by atoms with Gasteiger partial charge in [-0.3, -0.25) is 0 Å². The van der Waals surface area contributed by atoms with Gasteiger partial charge in [0.2, 0.25) is 0 Å². The highest BCUT2D eigenvalue weighted by Gasteiger charge is 2.24. The fourth-order valence-corrected chi connectivity index (χ4v) is 6.89. The van der Waals surface area contributed by atoms with Gasteiger partial charge >= 0.3 is 0 Å². The smallest absolute Gasteiger partial charge is 0.101 e. The lowest BCUT2D eigenvalue weighted by Gasteiger charge is -2.33. The summed E-state index contributed by atoms with van der Waals surface area (Å²) in [5.41, 5.74) is 0. The molecule has 1 rings (SSSR count). The van der Waals surface area contributed by atoms with Gasteiger partial charge in [-0.05, 0) is 25.7 Å². The van der Waals surface area contributed by atoms with Gasteiger partial charge in [0.15, 0.2) is 0 Å². The Morgan fingerprint density at radius 3 is 0.857 bits per heavy atom. The van der Waals surface area contributed by atoms with Gasteiger partial charge in [-0.25, -0.2) is 0 Å². The highest BCUT2D eigenvalue weighted by atomic mass is 15.4. The number of nitrogens with zero attached hydrogens (tertiary/aromatic N) is 2. The Hall–Kier alpha value is -0.660. The zero-order valence-corrected chi connectivity index (χ0v) is 29.7. The number of unbranched alkanes of at least 4 members (excludes halogenated alkanes) is 28. The molecule has 0 spiro atoms. The lowest BCUT2D eigenvalue weighted by molar-refractivity contribution is 0.135. The van der Waals surface area contributed by atoms with Gasteiger partial charge in [0.05, 0.1) is 0 Å². The molecule has 0 saturated carbocycles. The molecule has 2 heteroatoms. The van der Waals surface area contributed by atoms with Crippen LogP contribution in [-0.4, -0.2) is 29.1 Å². The third kappa shape index (κ3) is 23.8. The van der Waals surface area contributed by atoms with Gasteiger partial charge in [-0.1, -0.05) is 201 Å². The Balaban J connectivity index is 2.11. The van der Waals surface area contributed by atoms with E-state index in [0.29, 0.717) is 6.17 Å². The second kappa shape index (κ2) is 31.8. The van der Waals surface area contributed by atoms with E-state index >= 15 is 0 Å². The molecule has 0 N–H and O–H groups in total. The monoisotopic (exact) mass is 589 g/mol. The maximum atomic E-state index is 2.71. The summed E-state index contributed by atoms with van der Waals surface area (Å²) in [4.78, 5) is 5.40. The van der Waals surface area contributed by atoms with E-state index in [4.69, 9.17) is 0 Å². The average molecular weight is 589 g/mol. The predicted molar refractivity (Wildman–Crippen MR) is 191 cm³/mol. The van der Waals surface area contributed by atoms with Crippen molar-refractivity contribution in [3.05, 3.63) is 12.4 Å². The van der Waals surface area contributed by atoms with Crippen LogP contribution in [-0.2, 0) is 0 Å². The maximum Gasteiger partial charge on any atom is 0.101 e. The molecule has 0 aliphatic carbocycles. The van der Waals surface area contributed by atoms with Gasteiger partial charge in [-0.15, -0.1) is 0 Å². The summed E-state index contributed by atoms with van der Waals surface area (Å²) >= 11 is 0. The van der Waals surface area contributed by atoms with E-state index in [1.54, 1.807) is 0 Å². The van der Waals surface area contributed by atoms with Gasteiger partial charge in [0.25, 0.3) is 0 Å². The Labute approximate surface area is 267 Å². The van der Waals surface area contributed by atoms with Crippen LogP contribution in [0.25, 0.3) is 0 Å². The second-order valence-electron chi connectivity index (χ2n) is 13.9. The molecule has 1 aliphatic rings. The first kappa shape index (κ1) is 39.4. The molecule has 0 aromatic carbocycles. The fraction of sp³-hybridized carbons (Fsp3) is 0.950. The molecule has 0 radical (unpaired) electrons. The highest BCUT2D eigenvalue weighted by Crippen LogP contribution is 2.24. The molecule has 1 heterocycles. The minimum Gasteiger partial charge on any atom is -0.356 e. The number of rotatable bonds is 34. The highest BCUT2D eigenvalue weighted by molar-refractivity contribution is 4.97. The van der Waals surface area contributed by atoms with Crippen molar-refractivity contribution in [2.24, 2.45) is 0 Å². The quantitative estimate of drug-likeness (QED) is 0.0690. The standard InChI is InChI=1S/C40H80N2/c1-4-7-10-13-15-17-19-21-22-23-24-26-28-30-32-35-40-41(36-33-12-9-6-3)38-39-42(40)37-34-31-29-27-25-20-18-16-14-11-8-5-2/h38-40H,4-37H2,1-3H3. The van der Waals surface area contributed by atoms with Crippen molar-refractivity contribution in [3.8, 4) is 0 Å². The van der Waals surface area contributed by atoms with E-state index in [1.165, 1.54) is 219 Å². The van der Waals surface area contributed by atoms with Crippen LogP contribution in [0, 0.1) is 0 Å². The van der Waals surface area contributed by atoms with E-state index < -0.39 is 0 Å². The topological polar surface area (TPSA) is 6.48 Å². The molecule has 1 unspecified atom stereocenters. The summed E-state index contributed by atoms with van der Waals surface area (Å²) in [7, 11) is 0. The lowest BCUT2D eigenvalue weighted by Crippen LogP contribution is -2.39. The Bertz CT molecular complexity index is 544. The average Bonchev–Trinajstić information content (AvgIpc) is 3.38. The maximum absolute atomic E-state index is 2.71. The SMILES string of the molecule is CCCCCCCCCCCCCCCCCC1N(CCCCCC)C=CN1CCCCCCCCCCCCCC. The van der Waals surface area contributed by atoms with Crippen LogP contribution in [0.3, 0.4) is 0 Å². The second-order valence-corrected chi connectivity index (χ2v) is 13.9. The first-order valence-electron chi connectivity index (χ1n) is 20.0. The molecule has 0 aromatic rings. The van der Waals surface area contributed by atoms with Crippen LogP contribution in [0.5, 0.6) is 0 Å². The molecule has 0 fully saturated rings. The van der Waals surface area contributed by atoms with E-state index in [0.717, 1.165) is 0 Å². The molecule has 250 valence electrons. The first-order valence-corrected chi connectivity index (χ1v) is 20.0. The predicted octanol–water partition coefficient (Wildman–Crippen LogP) is 13.9. The van der Waals surface area contributed by atoms with Crippen molar-refractivity contribution >= 4 is 0 Å². The molecule has 42 heavy (non-hydrogen) atoms. The van der Waals surface area contributed by atoms with Crippen molar-refractivity contribution in [1.82, 2.24) is 9.80 Å². The summed E-state index contributed by atoms with van der Waals surface area (Å²) in [6.45, 7) is 9.47. The molecule has 1 aliphatic heterocycles. The van der Waals surface area contributed by atoms with E-state index in [-0.39, 0.29) is 0 Å². The van der Waals surface area contributed by atoms with E-state index in [2.05, 4.69) is 43.0 Å². The zero-order valence-electron chi connectivity index (χ0n) is 29.7. The van der Waals surface area contributed by atoms with Crippen LogP contribution < -0.4 is 0 Å². The summed E-state index contributed by atoms with van der Waals surface area (Å²) in [6, 6.07) is 0. The first-order chi connectivity index (χ1) is 20.8. The van der Waals surface area contributed by atoms with Crippen LogP contribution in [0.15, 0.2) is 12.4 Å². The van der Waals surface area contributed by atoms with Crippen LogP contribution >= 0.6 is 0 Å². The van der Waals surface area contributed by atoms with E-state index in [1.807, 2.05) is 0 Å². The van der Waals surface area contributed by atoms with Crippen LogP contribution in [0.4, 0.5) is 0 Å². The third-order valence-electron chi connectivity index (χ3n) is 9.82. The number of hydrogen-bond donors (Lipinski definition) is 0. The van der Waals surface area contributed by atoms with Crippen LogP contribution in [0.1, 0.15) is 226 Å². The molecule has 1 atom stereocenters. The van der Waals surface area contributed by atoms with Crippen molar-refractivity contribution in [1.29, 1.82) is 0 Å². The summed E-state index contributed by atoms with van der Waals surface area (Å²) in [6.07, 6.45) is 51.5. The van der Waals surface area contributed by atoms with Gasteiger partial charge in [0, 0.05) is 25.5 Å². The van der Waals surface area contributed by atoms with Gasteiger partial charge < -0.3 is 9.80 Å². The van der Waals surface area contributed by atoms with Crippen LogP contribution in [0.2, 0.25) is 0 Å². The third-order valence-corrected chi connectivity index (χ3v) is 9.82. The Kier molecular flexibility index (Phi) is 29.8. The molecule has 0 saturated heterocycles. The van der Waals surface area contributed by atoms with Crippen molar-refractivity contribution < 1.29 is 0 Å². The molecule has 0 bridgehead atoms. The minimum atomic E-state index is 0.640. The molecular formula is C40H80N2. The molecular weight excluding hydrogens is 508 g/mol. The Morgan fingerprint density at radius 1 is 0.310 bits per heavy atom. The molecule has 0 aromatic heterocycles. The van der Waals surface area contributed by atoms with Crippen molar-refractivity contribution in [2.75, 3.05) is 13.1 Å². The van der Waals surface area contributed by atoms with Gasteiger partial charge in [-0.2, -0.15) is 0 Å². The summed E-state index contributed by atoms with van der Waals surface area (Å²) in [5.74, 6) is 0. The summed E-state index contributed by atoms with van der Waals surface area (Å²) < 4.78 is 0. The molecule has 0 amide bonds. The lowest BCUT2D eigenvalue weighted by atomic mass is 10.0. The molecule has 2 nitrogen and oxygen atoms in total. The fourth-order valence-electron chi connectivity index (χ4n) is 6.89. The normalized spacial score (nSPS) is 15.0. The van der Waals surface area contributed by atoms with Crippen molar-refractivity contribution in [2.45, 2.75) is 232 Å². The zero-order chi connectivity index (χ0) is 30.2.